The van der Waals surface area contributed by atoms with Gasteiger partial charge >= 0.3 is 0 Å². The molecule has 1 N–H and O–H groups in total. The van der Waals surface area contributed by atoms with Crippen LogP contribution >= 0.6 is 11.6 Å². The van der Waals surface area contributed by atoms with Crippen molar-refractivity contribution in [2.45, 2.75) is 32.4 Å². The Morgan fingerprint density at radius 1 is 1.47 bits per heavy atom. The molecule has 82 valence electrons. The third-order valence-corrected chi connectivity index (χ3v) is 2.77. The quantitative estimate of drug-likeness (QED) is 0.724. The second-order valence-electron chi connectivity index (χ2n) is 3.74. The van der Waals surface area contributed by atoms with Crippen LogP contribution in [0.4, 0.5) is 0 Å². The Labute approximate surface area is 97.1 Å². The molecule has 0 aliphatic rings. The maximum absolute atomic E-state index is 6.06. The molecule has 0 radical (unpaired) electrons. The molecule has 0 aliphatic carbocycles. The van der Waals surface area contributed by atoms with Gasteiger partial charge in [-0.25, -0.2) is 0 Å². The van der Waals surface area contributed by atoms with Crippen LogP contribution in [0.2, 0.25) is 5.02 Å². The largest absolute Gasteiger partial charge is 0.310 e. The first-order valence-corrected chi connectivity index (χ1v) is 5.69. The fourth-order valence-electron chi connectivity index (χ4n) is 1.40. The summed E-state index contributed by atoms with van der Waals surface area (Å²) in [6.07, 6.45) is 4.12. The van der Waals surface area contributed by atoms with E-state index in [1.807, 2.05) is 24.3 Å². The lowest BCUT2D eigenvalue weighted by Gasteiger charge is -2.13. The van der Waals surface area contributed by atoms with Crippen molar-refractivity contribution in [3.63, 3.8) is 0 Å². The van der Waals surface area contributed by atoms with Crippen LogP contribution in [0.5, 0.6) is 0 Å². The zero-order valence-corrected chi connectivity index (χ0v) is 9.93. The Kier molecular flexibility index (Phi) is 5.44. The average Bonchev–Trinajstić information content (AvgIpc) is 2.25. The van der Waals surface area contributed by atoms with Gasteiger partial charge in [-0.2, -0.15) is 0 Å². The highest BCUT2D eigenvalue weighted by Crippen LogP contribution is 2.14. The molecule has 0 heterocycles. The van der Waals surface area contributed by atoms with E-state index in [4.69, 9.17) is 11.6 Å². The van der Waals surface area contributed by atoms with E-state index in [-0.39, 0.29) is 0 Å². The van der Waals surface area contributed by atoms with Crippen molar-refractivity contribution in [2.75, 3.05) is 0 Å². The summed E-state index contributed by atoms with van der Waals surface area (Å²) in [7, 11) is 0. The number of hydrogen-bond donors (Lipinski definition) is 1. The molecule has 1 aromatic rings. The van der Waals surface area contributed by atoms with Gasteiger partial charge in [0.15, 0.2) is 0 Å². The Hall–Kier alpha value is -0.790. The van der Waals surface area contributed by atoms with E-state index in [1.165, 1.54) is 0 Å². The van der Waals surface area contributed by atoms with E-state index in [0.29, 0.717) is 6.04 Å². The maximum Gasteiger partial charge on any atom is 0.0450 e. The SMILES string of the molecule is C=CCCC(C)NCc1ccccc1Cl. The first kappa shape index (κ1) is 12.3. The molecule has 0 aliphatic heterocycles. The van der Waals surface area contributed by atoms with Crippen LogP contribution in [0.25, 0.3) is 0 Å². The summed E-state index contributed by atoms with van der Waals surface area (Å²) < 4.78 is 0. The normalized spacial score (nSPS) is 12.4. The van der Waals surface area contributed by atoms with E-state index >= 15 is 0 Å². The van der Waals surface area contributed by atoms with Gasteiger partial charge in [-0.1, -0.05) is 35.9 Å². The van der Waals surface area contributed by atoms with Crippen molar-refractivity contribution >= 4 is 11.6 Å². The summed E-state index contributed by atoms with van der Waals surface area (Å²) in [5, 5.41) is 4.28. The van der Waals surface area contributed by atoms with Crippen molar-refractivity contribution in [1.82, 2.24) is 5.32 Å². The summed E-state index contributed by atoms with van der Waals surface area (Å²) in [6.45, 7) is 6.73. The average molecular weight is 224 g/mol. The molecule has 0 amide bonds. The van der Waals surface area contributed by atoms with Gasteiger partial charge in [-0.3, -0.25) is 0 Å². The molecule has 0 saturated heterocycles. The predicted octanol–water partition coefficient (Wildman–Crippen LogP) is 3.78. The van der Waals surface area contributed by atoms with Gasteiger partial charge < -0.3 is 5.32 Å². The highest BCUT2D eigenvalue weighted by Gasteiger charge is 2.02. The fourth-order valence-corrected chi connectivity index (χ4v) is 1.60. The minimum atomic E-state index is 0.499. The molecule has 15 heavy (non-hydrogen) atoms. The predicted molar refractivity (Wildman–Crippen MR) is 67.2 cm³/mol. The van der Waals surface area contributed by atoms with E-state index < -0.39 is 0 Å². The van der Waals surface area contributed by atoms with Crippen molar-refractivity contribution in [3.05, 3.63) is 47.5 Å². The summed E-state index contributed by atoms with van der Waals surface area (Å²) >= 11 is 6.06. The number of nitrogens with one attached hydrogen (secondary N) is 1. The molecule has 2 heteroatoms. The number of allylic oxidation sites excluding steroid dienone is 1. The standard InChI is InChI=1S/C13H18ClN/c1-3-4-7-11(2)15-10-12-8-5-6-9-13(12)14/h3,5-6,8-9,11,15H,1,4,7,10H2,2H3. The molecule has 0 saturated carbocycles. The Morgan fingerprint density at radius 3 is 2.87 bits per heavy atom. The second kappa shape index (κ2) is 6.65. The molecule has 0 aromatic heterocycles. The van der Waals surface area contributed by atoms with E-state index in [0.717, 1.165) is 30.0 Å². The van der Waals surface area contributed by atoms with Gasteiger partial charge in [0.2, 0.25) is 0 Å². The monoisotopic (exact) mass is 223 g/mol. The Morgan fingerprint density at radius 2 is 2.20 bits per heavy atom. The molecule has 1 atom stereocenters. The molecule has 1 aromatic carbocycles. The second-order valence-corrected chi connectivity index (χ2v) is 4.15. The smallest absolute Gasteiger partial charge is 0.0450 e. The number of halogens is 1. The fraction of sp³-hybridized carbons (Fsp3) is 0.385. The molecule has 0 bridgehead atoms. The van der Waals surface area contributed by atoms with Gasteiger partial charge in [0.25, 0.3) is 0 Å². The van der Waals surface area contributed by atoms with Gasteiger partial charge in [-0.15, -0.1) is 6.58 Å². The van der Waals surface area contributed by atoms with Crippen LogP contribution in [0.1, 0.15) is 25.3 Å². The summed E-state index contributed by atoms with van der Waals surface area (Å²) in [6, 6.07) is 8.44. The summed E-state index contributed by atoms with van der Waals surface area (Å²) in [5.41, 5.74) is 1.16. The van der Waals surface area contributed by atoms with E-state index in [2.05, 4.69) is 24.9 Å². The highest BCUT2D eigenvalue weighted by atomic mass is 35.5. The molecular weight excluding hydrogens is 206 g/mol. The van der Waals surface area contributed by atoms with Crippen molar-refractivity contribution in [3.8, 4) is 0 Å². The van der Waals surface area contributed by atoms with Crippen LogP contribution in [0.3, 0.4) is 0 Å². The summed E-state index contributed by atoms with van der Waals surface area (Å²) in [5.74, 6) is 0. The van der Waals surface area contributed by atoms with Crippen molar-refractivity contribution in [1.29, 1.82) is 0 Å². The lowest BCUT2D eigenvalue weighted by Crippen LogP contribution is -2.25. The third-order valence-electron chi connectivity index (χ3n) is 2.40. The first-order valence-electron chi connectivity index (χ1n) is 5.31. The minimum absolute atomic E-state index is 0.499. The minimum Gasteiger partial charge on any atom is -0.310 e. The third kappa shape index (κ3) is 4.50. The number of benzene rings is 1. The molecule has 1 nitrogen and oxygen atoms in total. The van der Waals surface area contributed by atoms with Crippen LogP contribution in [-0.4, -0.2) is 6.04 Å². The number of rotatable bonds is 6. The number of hydrogen-bond acceptors (Lipinski definition) is 1. The Bertz CT molecular complexity index is 309. The van der Waals surface area contributed by atoms with E-state index in [9.17, 15) is 0 Å². The van der Waals surface area contributed by atoms with Gasteiger partial charge in [0, 0.05) is 17.6 Å². The first-order chi connectivity index (χ1) is 7.24. The zero-order chi connectivity index (χ0) is 11.1. The van der Waals surface area contributed by atoms with E-state index in [1.54, 1.807) is 0 Å². The van der Waals surface area contributed by atoms with Crippen LogP contribution in [0.15, 0.2) is 36.9 Å². The lowest BCUT2D eigenvalue weighted by molar-refractivity contribution is 0.518. The maximum atomic E-state index is 6.06. The van der Waals surface area contributed by atoms with Gasteiger partial charge in [-0.05, 0) is 31.4 Å². The van der Waals surface area contributed by atoms with Crippen molar-refractivity contribution < 1.29 is 0 Å². The molecule has 1 unspecified atom stereocenters. The lowest BCUT2D eigenvalue weighted by atomic mass is 10.1. The molecule has 1 rings (SSSR count). The van der Waals surface area contributed by atoms with Crippen LogP contribution < -0.4 is 5.32 Å². The van der Waals surface area contributed by atoms with Gasteiger partial charge in [0.05, 0.1) is 0 Å². The van der Waals surface area contributed by atoms with Gasteiger partial charge in [0.1, 0.15) is 0 Å². The van der Waals surface area contributed by atoms with Crippen LogP contribution in [0, 0.1) is 0 Å². The highest BCUT2D eigenvalue weighted by molar-refractivity contribution is 6.31. The summed E-state index contributed by atoms with van der Waals surface area (Å²) in [4.78, 5) is 0. The molecule has 0 fully saturated rings. The zero-order valence-electron chi connectivity index (χ0n) is 9.17. The van der Waals surface area contributed by atoms with Crippen molar-refractivity contribution in [2.24, 2.45) is 0 Å². The molecular formula is C13H18ClN. The Balaban J connectivity index is 2.36. The molecule has 0 spiro atoms. The van der Waals surface area contributed by atoms with Crippen LogP contribution in [-0.2, 0) is 6.54 Å². The topological polar surface area (TPSA) is 12.0 Å².